The first kappa shape index (κ1) is 13.3. The fraction of sp³-hybridized carbons (Fsp3) is 0.357. The standard InChI is InChI=1S/C14H18BrN3/c1-2-5-16-9-12-3-4-13(14(15)8-12)10-18-7-6-17-11-18/h3-4,6-8,11,16H,2,5,9-10H2,1H3. The van der Waals surface area contributed by atoms with Crippen molar-refractivity contribution >= 4 is 15.9 Å². The van der Waals surface area contributed by atoms with Gasteiger partial charge >= 0.3 is 0 Å². The summed E-state index contributed by atoms with van der Waals surface area (Å²) in [4.78, 5) is 4.05. The Morgan fingerprint density at radius 2 is 2.28 bits per heavy atom. The maximum atomic E-state index is 4.05. The molecule has 0 saturated heterocycles. The molecule has 0 atom stereocenters. The number of hydrogen-bond acceptors (Lipinski definition) is 2. The van der Waals surface area contributed by atoms with Crippen LogP contribution >= 0.6 is 15.9 Å². The zero-order valence-electron chi connectivity index (χ0n) is 10.6. The van der Waals surface area contributed by atoms with Gasteiger partial charge in [0.05, 0.1) is 6.33 Å². The first-order chi connectivity index (χ1) is 8.79. The minimum atomic E-state index is 0.850. The number of rotatable bonds is 6. The number of nitrogens with one attached hydrogen (secondary N) is 1. The minimum absolute atomic E-state index is 0.850. The predicted molar refractivity (Wildman–Crippen MR) is 77.5 cm³/mol. The number of imidazole rings is 1. The maximum absolute atomic E-state index is 4.05. The zero-order chi connectivity index (χ0) is 12.8. The largest absolute Gasteiger partial charge is 0.333 e. The van der Waals surface area contributed by atoms with E-state index in [0.29, 0.717) is 0 Å². The van der Waals surface area contributed by atoms with E-state index in [9.17, 15) is 0 Å². The summed E-state index contributed by atoms with van der Waals surface area (Å²) in [5, 5.41) is 3.41. The van der Waals surface area contributed by atoms with E-state index < -0.39 is 0 Å². The number of halogens is 1. The van der Waals surface area contributed by atoms with Gasteiger partial charge in [0.1, 0.15) is 0 Å². The van der Waals surface area contributed by atoms with E-state index in [2.05, 4.69) is 55.9 Å². The molecular weight excluding hydrogens is 290 g/mol. The third-order valence-corrected chi connectivity index (χ3v) is 3.52. The number of nitrogens with zero attached hydrogens (tertiary/aromatic N) is 2. The van der Waals surface area contributed by atoms with Crippen LogP contribution in [-0.2, 0) is 13.1 Å². The molecule has 2 aromatic rings. The molecule has 4 heteroatoms. The van der Waals surface area contributed by atoms with Gasteiger partial charge in [-0.2, -0.15) is 0 Å². The van der Waals surface area contributed by atoms with Gasteiger partial charge in [-0.3, -0.25) is 0 Å². The van der Waals surface area contributed by atoms with E-state index >= 15 is 0 Å². The van der Waals surface area contributed by atoms with Gasteiger partial charge in [-0.1, -0.05) is 35.0 Å². The smallest absolute Gasteiger partial charge is 0.0949 e. The van der Waals surface area contributed by atoms with Crippen LogP contribution in [-0.4, -0.2) is 16.1 Å². The Kier molecular flexibility index (Phi) is 4.96. The molecule has 1 heterocycles. The van der Waals surface area contributed by atoms with Crippen molar-refractivity contribution in [1.82, 2.24) is 14.9 Å². The Labute approximate surface area is 116 Å². The quantitative estimate of drug-likeness (QED) is 0.831. The molecular formula is C14H18BrN3. The second-order valence-electron chi connectivity index (χ2n) is 4.34. The van der Waals surface area contributed by atoms with Crippen molar-refractivity contribution in [2.75, 3.05) is 6.54 Å². The van der Waals surface area contributed by atoms with Crippen LogP contribution in [0.15, 0.2) is 41.4 Å². The van der Waals surface area contributed by atoms with Gasteiger partial charge in [-0.15, -0.1) is 0 Å². The van der Waals surface area contributed by atoms with Crippen LogP contribution in [0.25, 0.3) is 0 Å². The summed E-state index contributed by atoms with van der Waals surface area (Å²) in [5.41, 5.74) is 2.58. The predicted octanol–water partition coefficient (Wildman–Crippen LogP) is 3.19. The molecule has 1 aromatic heterocycles. The molecule has 3 nitrogen and oxygen atoms in total. The highest BCUT2D eigenvalue weighted by Crippen LogP contribution is 2.19. The van der Waals surface area contributed by atoms with Crippen LogP contribution in [0.1, 0.15) is 24.5 Å². The molecule has 0 spiro atoms. The third-order valence-electron chi connectivity index (χ3n) is 2.79. The van der Waals surface area contributed by atoms with Crippen LogP contribution in [0, 0.1) is 0 Å². The molecule has 0 aliphatic heterocycles. The molecule has 0 fully saturated rings. The summed E-state index contributed by atoms with van der Waals surface area (Å²) in [7, 11) is 0. The van der Waals surface area contributed by atoms with E-state index in [1.807, 2.05) is 12.5 Å². The van der Waals surface area contributed by atoms with Crippen LogP contribution < -0.4 is 5.32 Å². The lowest BCUT2D eigenvalue weighted by molar-refractivity contribution is 0.674. The van der Waals surface area contributed by atoms with Gasteiger partial charge in [-0.05, 0) is 30.2 Å². The highest BCUT2D eigenvalue weighted by molar-refractivity contribution is 9.10. The summed E-state index contributed by atoms with van der Waals surface area (Å²) < 4.78 is 3.22. The zero-order valence-corrected chi connectivity index (χ0v) is 12.2. The van der Waals surface area contributed by atoms with E-state index in [4.69, 9.17) is 0 Å². The number of aromatic nitrogens is 2. The summed E-state index contributed by atoms with van der Waals surface area (Å²) in [6.45, 7) is 5.02. The summed E-state index contributed by atoms with van der Waals surface area (Å²) in [5.74, 6) is 0. The van der Waals surface area contributed by atoms with Gasteiger partial charge in [-0.25, -0.2) is 4.98 Å². The highest BCUT2D eigenvalue weighted by Gasteiger charge is 2.02. The molecule has 0 radical (unpaired) electrons. The molecule has 18 heavy (non-hydrogen) atoms. The van der Waals surface area contributed by atoms with Gasteiger partial charge in [0, 0.05) is 30.0 Å². The fourth-order valence-corrected chi connectivity index (χ4v) is 2.37. The van der Waals surface area contributed by atoms with Crippen molar-refractivity contribution in [2.45, 2.75) is 26.4 Å². The lowest BCUT2D eigenvalue weighted by atomic mass is 10.1. The number of hydrogen-bond donors (Lipinski definition) is 1. The fourth-order valence-electron chi connectivity index (χ4n) is 1.82. The molecule has 2 rings (SSSR count). The van der Waals surface area contributed by atoms with Crippen molar-refractivity contribution in [1.29, 1.82) is 0 Å². The lowest BCUT2D eigenvalue weighted by Crippen LogP contribution is -2.13. The summed E-state index contributed by atoms with van der Waals surface area (Å²) in [6.07, 6.45) is 6.78. The molecule has 96 valence electrons. The second-order valence-corrected chi connectivity index (χ2v) is 5.19. The van der Waals surface area contributed by atoms with Crippen LogP contribution in [0.4, 0.5) is 0 Å². The summed E-state index contributed by atoms with van der Waals surface area (Å²) in [6, 6.07) is 6.54. The average molecular weight is 308 g/mol. The van der Waals surface area contributed by atoms with Crippen LogP contribution in [0.5, 0.6) is 0 Å². The molecule has 0 unspecified atom stereocenters. The van der Waals surface area contributed by atoms with Gasteiger partial charge < -0.3 is 9.88 Å². The highest BCUT2D eigenvalue weighted by atomic mass is 79.9. The monoisotopic (exact) mass is 307 g/mol. The van der Waals surface area contributed by atoms with E-state index in [-0.39, 0.29) is 0 Å². The van der Waals surface area contributed by atoms with Crippen molar-refractivity contribution in [3.05, 3.63) is 52.5 Å². The molecule has 0 aliphatic carbocycles. The SMILES string of the molecule is CCCNCc1ccc(Cn2ccnc2)c(Br)c1. The molecule has 1 aromatic carbocycles. The molecule has 1 N–H and O–H groups in total. The van der Waals surface area contributed by atoms with E-state index in [0.717, 1.165) is 24.1 Å². The third kappa shape index (κ3) is 3.68. The van der Waals surface area contributed by atoms with Crippen molar-refractivity contribution in [3.8, 4) is 0 Å². The molecule has 0 amide bonds. The Morgan fingerprint density at radius 3 is 2.94 bits per heavy atom. The summed E-state index contributed by atoms with van der Waals surface area (Å²) >= 11 is 3.64. The topological polar surface area (TPSA) is 29.9 Å². The molecule has 0 bridgehead atoms. The second kappa shape index (κ2) is 6.71. The van der Waals surface area contributed by atoms with E-state index in [1.165, 1.54) is 17.5 Å². The Bertz CT molecular complexity index is 480. The molecule has 0 aliphatic rings. The van der Waals surface area contributed by atoms with Gasteiger partial charge in [0.25, 0.3) is 0 Å². The average Bonchev–Trinajstić information content (AvgIpc) is 2.86. The van der Waals surface area contributed by atoms with Crippen LogP contribution in [0.3, 0.4) is 0 Å². The number of benzene rings is 1. The minimum Gasteiger partial charge on any atom is -0.333 e. The Balaban J connectivity index is 2.01. The molecule has 0 saturated carbocycles. The van der Waals surface area contributed by atoms with Gasteiger partial charge in [0.2, 0.25) is 0 Å². The van der Waals surface area contributed by atoms with Crippen LogP contribution in [0.2, 0.25) is 0 Å². The van der Waals surface area contributed by atoms with Crippen molar-refractivity contribution in [3.63, 3.8) is 0 Å². The Morgan fingerprint density at radius 1 is 1.39 bits per heavy atom. The lowest BCUT2D eigenvalue weighted by Gasteiger charge is -2.09. The van der Waals surface area contributed by atoms with Crippen molar-refractivity contribution in [2.24, 2.45) is 0 Å². The normalized spacial score (nSPS) is 10.8. The first-order valence-corrected chi connectivity index (χ1v) is 7.02. The Hall–Kier alpha value is -1.13. The first-order valence-electron chi connectivity index (χ1n) is 6.23. The van der Waals surface area contributed by atoms with Gasteiger partial charge in [0.15, 0.2) is 0 Å². The van der Waals surface area contributed by atoms with Crippen molar-refractivity contribution < 1.29 is 0 Å². The maximum Gasteiger partial charge on any atom is 0.0949 e. The van der Waals surface area contributed by atoms with E-state index in [1.54, 1.807) is 6.20 Å².